The summed E-state index contributed by atoms with van der Waals surface area (Å²) in [6.07, 6.45) is 2.34. The Hall–Kier alpha value is -2.08. The van der Waals surface area contributed by atoms with Crippen molar-refractivity contribution in [3.63, 3.8) is 0 Å². The summed E-state index contributed by atoms with van der Waals surface area (Å²) in [7, 11) is 0. The van der Waals surface area contributed by atoms with E-state index in [0.717, 1.165) is 12.8 Å². The van der Waals surface area contributed by atoms with Crippen molar-refractivity contribution < 1.29 is 19.5 Å². The van der Waals surface area contributed by atoms with E-state index in [1.54, 1.807) is 36.1 Å². The van der Waals surface area contributed by atoms with E-state index in [9.17, 15) is 19.5 Å². The molecule has 2 N–H and O–H groups in total. The van der Waals surface area contributed by atoms with Crippen molar-refractivity contribution >= 4 is 29.4 Å². The van der Waals surface area contributed by atoms with E-state index < -0.39 is 17.4 Å². The molecule has 7 heteroatoms. The van der Waals surface area contributed by atoms with Gasteiger partial charge in [0.15, 0.2) is 0 Å². The van der Waals surface area contributed by atoms with Crippen molar-refractivity contribution in [3.8, 4) is 0 Å². The summed E-state index contributed by atoms with van der Waals surface area (Å²) in [5.41, 5.74) is -0.389. The van der Waals surface area contributed by atoms with Gasteiger partial charge in [-0.3, -0.25) is 14.4 Å². The quantitative estimate of drug-likeness (QED) is 0.857. The molecule has 25 heavy (non-hydrogen) atoms. The van der Waals surface area contributed by atoms with Gasteiger partial charge in [-0.25, -0.2) is 0 Å². The molecule has 3 atom stereocenters. The van der Waals surface area contributed by atoms with Gasteiger partial charge in [0.2, 0.25) is 5.91 Å². The molecule has 6 nitrogen and oxygen atoms in total. The van der Waals surface area contributed by atoms with Gasteiger partial charge < -0.3 is 15.3 Å². The van der Waals surface area contributed by atoms with E-state index in [2.05, 4.69) is 5.32 Å². The molecule has 1 aromatic carbocycles. The topological polar surface area (TPSA) is 86.7 Å². The second-order valence-corrected chi connectivity index (χ2v) is 7.41. The highest BCUT2D eigenvalue weighted by molar-refractivity contribution is 6.30. The Kier molecular flexibility index (Phi) is 4.73. The van der Waals surface area contributed by atoms with Crippen LogP contribution in [0.2, 0.25) is 5.02 Å². The zero-order valence-electron chi connectivity index (χ0n) is 14.0. The third-order valence-electron chi connectivity index (χ3n) is 5.43. The number of hydrogen-bond acceptors (Lipinski definition) is 3. The fourth-order valence-corrected chi connectivity index (χ4v) is 4.15. The van der Waals surface area contributed by atoms with Gasteiger partial charge in [0.25, 0.3) is 5.91 Å². The third kappa shape index (κ3) is 3.23. The summed E-state index contributed by atoms with van der Waals surface area (Å²) in [5.74, 6) is -1.40. The van der Waals surface area contributed by atoms with Gasteiger partial charge in [-0.15, -0.1) is 0 Å². The first-order valence-electron chi connectivity index (χ1n) is 8.42. The first-order chi connectivity index (χ1) is 11.8. The van der Waals surface area contributed by atoms with E-state index in [0.29, 0.717) is 23.6 Å². The zero-order chi connectivity index (χ0) is 18.2. The molecule has 0 bridgehead atoms. The average molecular weight is 365 g/mol. The summed E-state index contributed by atoms with van der Waals surface area (Å²) in [6, 6.07) is 5.69. The molecule has 0 aromatic heterocycles. The average Bonchev–Trinajstić information content (AvgIpc) is 3.12. The highest BCUT2D eigenvalue weighted by Crippen LogP contribution is 2.48. The molecular formula is C18H21ClN2O4. The van der Waals surface area contributed by atoms with Crippen molar-refractivity contribution in [1.82, 2.24) is 10.2 Å². The van der Waals surface area contributed by atoms with Crippen LogP contribution >= 0.6 is 11.6 Å². The predicted octanol–water partition coefficient (Wildman–Crippen LogP) is 2.17. The van der Waals surface area contributed by atoms with Crippen molar-refractivity contribution in [2.24, 2.45) is 11.3 Å². The van der Waals surface area contributed by atoms with Gasteiger partial charge in [-0.2, -0.15) is 0 Å². The number of carbonyl (C=O) groups is 3. The second kappa shape index (κ2) is 6.67. The minimum Gasteiger partial charge on any atom is -0.481 e. The number of amides is 2. The molecule has 1 aliphatic carbocycles. The molecule has 134 valence electrons. The van der Waals surface area contributed by atoms with Crippen LogP contribution in [0.4, 0.5) is 0 Å². The highest BCUT2D eigenvalue weighted by Gasteiger charge is 2.56. The molecule has 0 spiro atoms. The van der Waals surface area contributed by atoms with E-state index in [4.69, 9.17) is 11.6 Å². The lowest BCUT2D eigenvalue weighted by atomic mass is 9.81. The van der Waals surface area contributed by atoms with Gasteiger partial charge in [0, 0.05) is 23.7 Å². The highest BCUT2D eigenvalue weighted by atomic mass is 35.5. The zero-order valence-corrected chi connectivity index (χ0v) is 14.8. The summed E-state index contributed by atoms with van der Waals surface area (Å²) < 4.78 is 0. The Bertz CT molecular complexity index is 706. The van der Waals surface area contributed by atoms with E-state index in [1.165, 1.54) is 0 Å². The Morgan fingerprint density at radius 1 is 1.32 bits per heavy atom. The molecule has 2 fully saturated rings. The number of carboxylic acid groups (broad SMARTS) is 1. The molecule has 1 saturated heterocycles. The second-order valence-electron chi connectivity index (χ2n) is 6.97. The van der Waals surface area contributed by atoms with Gasteiger partial charge in [-0.05, 0) is 49.9 Å². The maximum Gasteiger partial charge on any atom is 0.311 e. The third-order valence-corrected chi connectivity index (χ3v) is 5.68. The Labute approximate surface area is 151 Å². The van der Waals surface area contributed by atoms with Gasteiger partial charge >= 0.3 is 5.97 Å². The van der Waals surface area contributed by atoms with Crippen molar-refractivity contribution in [2.45, 2.75) is 32.2 Å². The fraction of sp³-hybridized carbons (Fsp3) is 0.500. The number of benzene rings is 1. The van der Waals surface area contributed by atoms with Crippen LogP contribution in [0.25, 0.3) is 0 Å². The Morgan fingerprint density at radius 3 is 2.60 bits per heavy atom. The largest absolute Gasteiger partial charge is 0.481 e. The molecular weight excluding hydrogens is 344 g/mol. The maximum atomic E-state index is 12.7. The number of rotatable bonds is 4. The fourth-order valence-electron chi connectivity index (χ4n) is 4.02. The van der Waals surface area contributed by atoms with Crippen LogP contribution in [0.3, 0.4) is 0 Å². The number of hydrogen-bond donors (Lipinski definition) is 2. The predicted molar refractivity (Wildman–Crippen MR) is 92.4 cm³/mol. The van der Waals surface area contributed by atoms with E-state index in [-0.39, 0.29) is 24.3 Å². The lowest BCUT2D eigenvalue weighted by molar-refractivity contribution is -0.149. The molecule has 1 heterocycles. The van der Waals surface area contributed by atoms with E-state index >= 15 is 0 Å². The number of nitrogens with one attached hydrogen (secondary N) is 1. The number of aliphatic carboxylic acids is 1. The van der Waals surface area contributed by atoms with Crippen LogP contribution in [0.1, 0.15) is 36.5 Å². The van der Waals surface area contributed by atoms with Crippen LogP contribution in [-0.2, 0) is 9.59 Å². The lowest BCUT2D eigenvalue weighted by Crippen LogP contribution is -2.47. The monoisotopic (exact) mass is 364 g/mol. The number of carboxylic acids is 1. The number of halogens is 1. The van der Waals surface area contributed by atoms with Gasteiger partial charge in [-0.1, -0.05) is 18.0 Å². The van der Waals surface area contributed by atoms with E-state index in [1.807, 2.05) is 0 Å². The van der Waals surface area contributed by atoms with Crippen LogP contribution in [0.15, 0.2) is 24.3 Å². The molecule has 1 aromatic rings. The summed E-state index contributed by atoms with van der Waals surface area (Å²) >= 11 is 5.80. The number of likely N-dealkylation sites (tertiary alicyclic amines) is 1. The van der Waals surface area contributed by atoms with Crippen molar-refractivity contribution in [3.05, 3.63) is 34.9 Å². The minimum atomic E-state index is -0.817. The molecule has 0 radical (unpaired) electrons. The first-order valence-corrected chi connectivity index (χ1v) is 8.80. The first kappa shape index (κ1) is 17.7. The van der Waals surface area contributed by atoms with Crippen molar-refractivity contribution in [1.29, 1.82) is 0 Å². The molecule has 3 rings (SSSR count). The number of carbonyl (C=O) groups excluding carboxylic acids is 2. The molecule has 1 unspecified atom stereocenters. The minimum absolute atomic E-state index is 0.00752. The Balaban J connectivity index is 1.64. The normalized spacial score (nSPS) is 26.2. The summed E-state index contributed by atoms with van der Waals surface area (Å²) in [6.45, 7) is 2.30. The molecule has 1 saturated carbocycles. The molecule has 2 aliphatic rings. The van der Waals surface area contributed by atoms with Crippen LogP contribution in [-0.4, -0.2) is 46.9 Å². The number of nitrogens with zero attached hydrogens (tertiary/aromatic N) is 1. The molecule has 1 aliphatic heterocycles. The Morgan fingerprint density at radius 2 is 2.00 bits per heavy atom. The van der Waals surface area contributed by atoms with Gasteiger partial charge in [0.1, 0.15) is 6.04 Å². The molecule has 2 amide bonds. The number of fused-ring (bicyclic) bond motifs is 1. The van der Waals surface area contributed by atoms with Crippen molar-refractivity contribution in [2.75, 3.05) is 13.1 Å². The van der Waals surface area contributed by atoms with Crippen LogP contribution in [0.5, 0.6) is 0 Å². The van der Waals surface area contributed by atoms with Crippen LogP contribution < -0.4 is 5.32 Å². The SMILES string of the molecule is CC(NC(=O)c1ccc(Cl)cc1)C(=O)N1C[C@@H]2CCC[C@@]2(C(=O)O)C1. The van der Waals surface area contributed by atoms with Gasteiger partial charge in [0.05, 0.1) is 5.41 Å². The summed E-state index contributed by atoms with van der Waals surface area (Å²) in [5, 5.41) is 12.8. The van der Waals surface area contributed by atoms with Crippen LogP contribution in [0, 0.1) is 11.3 Å². The standard InChI is InChI=1S/C18H21ClN2O4/c1-11(20-15(22)12-4-6-14(19)7-5-12)16(23)21-9-13-3-2-8-18(13,10-21)17(24)25/h4-7,11,13H,2-3,8-10H2,1H3,(H,20,22)(H,24,25)/t11?,13-,18+/m0/s1. The smallest absolute Gasteiger partial charge is 0.311 e. The maximum absolute atomic E-state index is 12.7. The lowest BCUT2D eigenvalue weighted by Gasteiger charge is -2.25. The summed E-state index contributed by atoms with van der Waals surface area (Å²) in [4.78, 5) is 38.2.